The molecule has 1 aromatic carbocycles. The van der Waals surface area contributed by atoms with E-state index in [0.29, 0.717) is 11.4 Å². The summed E-state index contributed by atoms with van der Waals surface area (Å²) < 4.78 is 5.63. The van der Waals surface area contributed by atoms with Crippen molar-refractivity contribution in [3.8, 4) is 5.75 Å². The maximum Gasteiger partial charge on any atom is 0.142 e. The van der Waals surface area contributed by atoms with Crippen molar-refractivity contribution in [1.82, 2.24) is 4.90 Å². The van der Waals surface area contributed by atoms with Gasteiger partial charge in [-0.25, -0.2) is 0 Å². The normalized spacial score (nSPS) is 18.2. The summed E-state index contributed by atoms with van der Waals surface area (Å²) in [6.07, 6.45) is 5.64. The van der Waals surface area contributed by atoms with Gasteiger partial charge in [-0.3, -0.25) is 0 Å². The molecular weight excluding hydrogens is 276 g/mol. The molecule has 3 N–H and O–H groups in total. The quantitative estimate of drug-likeness (QED) is 0.791. The molecule has 124 valence electrons. The molecule has 0 radical (unpaired) electrons. The Balaban J connectivity index is 1.88. The van der Waals surface area contributed by atoms with Crippen LogP contribution >= 0.6 is 0 Å². The van der Waals surface area contributed by atoms with E-state index in [2.05, 4.69) is 4.90 Å². The molecule has 4 nitrogen and oxygen atoms in total. The summed E-state index contributed by atoms with van der Waals surface area (Å²) >= 11 is 0. The lowest BCUT2D eigenvalue weighted by molar-refractivity contribution is 0.143. The van der Waals surface area contributed by atoms with E-state index in [-0.39, 0.29) is 6.10 Å². The highest BCUT2D eigenvalue weighted by molar-refractivity contribution is 5.54. The number of nitrogens with zero attached hydrogens (tertiary/aromatic N) is 1. The van der Waals surface area contributed by atoms with Crippen LogP contribution in [0.2, 0.25) is 0 Å². The number of ether oxygens (including phenoxy) is 1. The van der Waals surface area contributed by atoms with Crippen molar-refractivity contribution in [1.29, 1.82) is 0 Å². The van der Waals surface area contributed by atoms with Crippen LogP contribution in [0.5, 0.6) is 5.75 Å². The lowest BCUT2D eigenvalue weighted by atomic mass is 10.1. The predicted molar refractivity (Wildman–Crippen MR) is 91.1 cm³/mol. The SMILES string of the molecule is CC(C)Oc1ccc(C(O)CCN2CCCCCC2)cc1N. The molecule has 1 saturated heterocycles. The predicted octanol–water partition coefficient (Wildman–Crippen LogP) is 3.36. The van der Waals surface area contributed by atoms with Gasteiger partial charge in [0.15, 0.2) is 0 Å². The van der Waals surface area contributed by atoms with E-state index in [1.165, 1.54) is 25.7 Å². The molecule has 0 aliphatic carbocycles. The van der Waals surface area contributed by atoms with Crippen LogP contribution in [0.1, 0.15) is 57.6 Å². The smallest absolute Gasteiger partial charge is 0.142 e. The van der Waals surface area contributed by atoms with Crippen LogP contribution in [0.25, 0.3) is 0 Å². The van der Waals surface area contributed by atoms with Gasteiger partial charge >= 0.3 is 0 Å². The second kappa shape index (κ2) is 8.39. The first-order valence-electron chi connectivity index (χ1n) is 8.53. The molecule has 2 rings (SSSR count). The number of hydrogen-bond acceptors (Lipinski definition) is 4. The molecule has 0 amide bonds. The van der Waals surface area contributed by atoms with Gasteiger partial charge in [0, 0.05) is 6.54 Å². The van der Waals surface area contributed by atoms with Crippen LogP contribution in [-0.4, -0.2) is 35.7 Å². The molecule has 1 aliphatic rings. The van der Waals surface area contributed by atoms with Gasteiger partial charge in [0.2, 0.25) is 0 Å². The van der Waals surface area contributed by atoms with Gasteiger partial charge in [-0.15, -0.1) is 0 Å². The van der Waals surface area contributed by atoms with Gasteiger partial charge in [-0.2, -0.15) is 0 Å². The van der Waals surface area contributed by atoms with Crippen molar-refractivity contribution in [2.45, 2.75) is 58.2 Å². The fourth-order valence-corrected chi connectivity index (χ4v) is 2.97. The fraction of sp³-hybridized carbons (Fsp3) is 0.667. The Kier molecular flexibility index (Phi) is 6.52. The van der Waals surface area contributed by atoms with Gasteiger partial charge in [-0.1, -0.05) is 18.9 Å². The molecule has 1 heterocycles. The van der Waals surface area contributed by atoms with Gasteiger partial charge in [0.05, 0.1) is 17.9 Å². The Morgan fingerprint density at radius 2 is 1.86 bits per heavy atom. The number of rotatable bonds is 6. The molecule has 1 unspecified atom stereocenters. The maximum absolute atomic E-state index is 10.4. The van der Waals surface area contributed by atoms with Gasteiger partial charge < -0.3 is 20.5 Å². The maximum atomic E-state index is 10.4. The van der Waals surface area contributed by atoms with Crippen LogP contribution in [0.4, 0.5) is 5.69 Å². The van der Waals surface area contributed by atoms with E-state index in [4.69, 9.17) is 10.5 Å². The van der Waals surface area contributed by atoms with Crippen LogP contribution in [0.15, 0.2) is 18.2 Å². The fourth-order valence-electron chi connectivity index (χ4n) is 2.97. The standard InChI is InChI=1S/C18H30N2O2/c1-14(2)22-18-8-7-15(13-16(18)19)17(21)9-12-20-10-5-3-4-6-11-20/h7-8,13-14,17,21H,3-6,9-12,19H2,1-2H3. The number of nitrogens with two attached hydrogens (primary N) is 1. The first-order valence-corrected chi connectivity index (χ1v) is 8.53. The van der Waals surface area contributed by atoms with E-state index < -0.39 is 6.10 Å². The number of nitrogen functional groups attached to an aromatic ring is 1. The lowest BCUT2D eigenvalue weighted by Gasteiger charge is -2.22. The zero-order valence-corrected chi connectivity index (χ0v) is 13.9. The topological polar surface area (TPSA) is 58.7 Å². The highest BCUT2D eigenvalue weighted by atomic mass is 16.5. The van der Waals surface area contributed by atoms with Crippen LogP contribution < -0.4 is 10.5 Å². The van der Waals surface area contributed by atoms with Crippen molar-refractivity contribution in [3.63, 3.8) is 0 Å². The highest BCUT2D eigenvalue weighted by Gasteiger charge is 2.14. The molecule has 4 heteroatoms. The van der Waals surface area contributed by atoms with E-state index >= 15 is 0 Å². The molecule has 1 atom stereocenters. The van der Waals surface area contributed by atoms with E-state index in [1.807, 2.05) is 32.0 Å². The minimum atomic E-state index is -0.460. The minimum Gasteiger partial charge on any atom is -0.489 e. The second-order valence-electron chi connectivity index (χ2n) is 6.52. The molecule has 1 aliphatic heterocycles. The molecule has 0 spiro atoms. The number of aliphatic hydroxyl groups excluding tert-OH is 1. The van der Waals surface area contributed by atoms with Crippen molar-refractivity contribution in [2.75, 3.05) is 25.4 Å². The van der Waals surface area contributed by atoms with Crippen molar-refractivity contribution in [2.24, 2.45) is 0 Å². The molecule has 1 fully saturated rings. The lowest BCUT2D eigenvalue weighted by Crippen LogP contribution is -2.26. The van der Waals surface area contributed by atoms with E-state index in [9.17, 15) is 5.11 Å². The molecule has 0 aromatic heterocycles. The molecular formula is C18H30N2O2. The molecule has 22 heavy (non-hydrogen) atoms. The van der Waals surface area contributed by atoms with Crippen molar-refractivity contribution < 1.29 is 9.84 Å². The summed E-state index contributed by atoms with van der Waals surface area (Å²) in [6.45, 7) is 7.23. The van der Waals surface area contributed by atoms with Crippen LogP contribution in [0.3, 0.4) is 0 Å². The van der Waals surface area contributed by atoms with Gasteiger partial charge in [0.1, 0.15) is 5.75 Å². The zero-order valence-electron chi connectivity index (χ0n) is 13.9. The zero-order chi connectivity index (χ0) is 15.9. The summed E-state index contributed by atoms with van der Waals surface area (Å²) in [7, 11) is 0. The number of anilines is 1. The Hall–Kier alpha value is -1.26. The Morgan fingerprint density at radius 3 is 2.45 bits per heavy atom. The summed E-state index contributed by atoms with van der Waals surface area (Å²) in [5.41, 5.74) is 7.50. The largest absolute Gasteiger partial charge is 0.489 e. The average molecular weight is 306 g/mol. The highest BCUT2D eigenvalue weighted by Crippen LogP contribution is 2.28. The van der Waals surface area contributed by atoms with Gasteiger partial charge in [0.25, 0.3) is 0 Å². The van der Waals surface area contributed by atoms with Crippen LogP contribution in [0, 0.1) is 0 Å². The molecule has 0 saturated carbocycles. The second-order valence-corrected chi connectivity index (χ2v) is 6.52. The summed E-state index contributed by atoms with van der Waals surface area (Å²) in [5.74, 6) is 0.693. The first kappa shape index (κ1) is 17.1. The van der Waals surface area contributed by atoms with Gasteiger partial charge in [-0.05, 0) is 63.9 Å². The van der Waals surface area contributed by atoms with Crippen LogP contribution in [-0.2, 0) is 0 Å². The number of aliphatic hydroxyl groups is 1. The first-order chi connectivity index (χ1) is 10.6. The van der Waals surface area contributed by atoms with Crippen molar-refractivity contribution >= 4 is 5.69 Å². The third-order valence-corrected chi connectivity index (χ3v) is 4.20. The summed E-state index contributed by atoms with van der Waals surface area (Å²) in [5, 5.41) is 10.4. The summed E-state index contributed by atoms with van der Waals surface area (Å²) in [6, 6.07) is 5.62. The third-order valence-electron chi connectivity index (χ3n) is 4.20. The van der Waals surface area contributed by atoms with E-state index in [1.54, 1.807) is 0 Å². The summed E-state index contributed by atoms with van der Waals surface area (Å²) in [4.78, 5) is 2.47. The minimum absolute atomic E-state index is 0.0982. The number of likely N-dealkylation sites (tertiary alicyclic amines) is 1. The molecule has 0 bridgehead atoms. The third kappa shape index (κ3) is 5.18. The molecule has 1 aromatic rings. The average Bonchev–Trinajstić information content (AvgIpc) is 2.75. The Morgan fingerprint density at radius 1 is 1.18 bits per heavy atom. The number of hydrogen-bond donors (Lipinski definition) is 2. The van der Waals surface area contributed by atoms with E-state index in [0.717, 1.165) is 31.6 Å². The Bertz CT molecular complexity index is 454. The Labute approximate surface area is 134 Å². The number of benzene rings is 1. The van der Waals surface area contributed by atoms with Crippen molar-refractivity contribution in [3.05, 3.63) is 23.8 Å². The monoisotopic (exact) mass is 306 g/mol.